The number of ether oxygens (including phenoxy) is 1. The SMILES string of the molecule is CO[C@@H](CNC(=O)O)C(=O)NCC(F)(F)F. The Morgan fingerprint density at radius 1 is 1.38 bits per heavy atom. The highest BCUT2D eigenvalue weighted by molar-refractivity contribution is 5.81. The average Bonchev–Trinajstić information content (AvgIpc) is 2.14. The Kier molecular flexibility index (Phi) is 5.57. The summed E-state index contributed by atoms with van der Waals surface area (Å²) in [7, 11) is 1.08. The maximum Gasteiger partial charge on any atom is 0.405 e. The summed E-state index contributed by atoms with van der Waals surface area (Å²) < 4.78 is 39.7. The third kappa shape index (κ3) is 6.87. The molecule has 6 nitrogen and oxygen atoms in total. The second-order valence-corrected chi connectivity index (χ2v) is 2.74. The molecular formula is C7H11F3N2O4. The molecular weight excluding hydrogens is 233 g/mol. The minimum Gasteiger partial charge on any atom is -0.465 e. The third-order valence-electron chi connectivity index (χ3n) is 1.48. The molecule has 9 heteroatoms. The molecule has 0 aromatic carbocycles. The molecule has 0 unspecified atom stereocenters. The minimum atomic E-state index is -4.52. The van der Waals surface area contributed by atoms with Crippen LogP contribution in [0.1, 0.15) is 0 Å². The molecule has 0 radical (unpaired) electrons. The molecule has 1 atom stereocenters. The van der Waals surface area contributed by atoms with Crippen molar-refractivity contribution in [2.75, 3.05) is 20.2 Å². The van der Waals surface area contributed by atoms with Gasteiger partial charge in [0.1, 0.15) is 6.54 Å². The van der Waals surface area contributed by atoms with Gasteiger partial charge in [0.15, 0.2) is 6.10 Å². The van der Waals surface area contributed by atoms with Crippen LogP contribution in [-0.4, -0.2) is 49.6 Å². The van der Waals surface area contributed by atoms with E-state index >= 15 is 0 Å². The standard InChI is InChI=1S/C7H11F3N2O4/c1-16-4(2-11-6(14)15)5(13)12-3-7(8,9)10/h4,11H,2-3H2,1H3,(H,12,13)(H,14,15)/t4-/m0/s1. The van der Waals surface area contributed by atoms with E-state index in [0.717, 1.165) is 7.11 Å². The van der Waals surface area contributed by atoms with Crippen LogP contribution in [0.4, 0.5) is 18.0 Å². The van der Waals surface area contributed by atoms with Crippen molar-refractivity contribution < 1.29 is 32.6 Å². The number of halogens is 3. The van der Waals surface area contributed by atoms with Gasteiger partial charge < -0.3 is 20.5 Å². The maximum absolute atomic E-state index is 11.7. The monoisotopic (exact) mass is 244 g/mol. The molecule has 0 aliphatic rings. The molecule has 0 saturated carbocycles. The highest BCUT2D eigenvalue weighted by Gasteiger charge is 2.29. The van der Waals surface area contributed by atoms with Crippen LogP contribution in [0.5, 0.6) is 0 Å². The molecule has 0 heterocycles. The Morgan fingerprint density at radius 2 is 1.94 bits per heavy atom. The molecule has 3 N–H and O–H groups in total. The van der Waals surface area contributed by atoms with Gasteiger partial charge in [0.05, 0.1) is 6.54 Å². The Balaban J connectivity index is 4.06. The molecule has 0 bridgehead atoms. The van der Waals surface area contributed by atoms with Gasteiger partial charge in [-0.3, -0.25) is 4.79 Å². The summed E-state index contributed by atoms with van der Waals surface area (Å²) in [5.74, 6) is -1.03. The number of carboxylic acid groups (broad SMARTS) is 1. The lowest BCUT2D eigenvalue weighted by atomic mass is 10.3. The van der Waals surface area contributed by atoms with E-state index in [1.165, 1.54) is 0 Å². The first kappa shape index (κ1) is 14.5. The summed E-state index contributed by atoms with van der Waals surface area (Å²) in [6.45, 7) is -1.91. The highest BCUT2D eigenvalue weighted by atomic mass is 19.4. The number of methoxy groups -OCH3 is 1. The number of rotatable bonds is 5. The molecule has 2 amide bonds. The van der Waals surface area contributed by atoms with Gasteiger partial charge in [-0.15, -0.1) is 0 Å². The van der Waals surface area contributed by atoms with Crippen LogP contribution in [-0.2, 0) is 9.53 Å². The smallest absolute Gasteiger partial charge is 0.405 e. The summed E-state index contributed by atoms with van der Waals surface area (Å²) in [5, 5.41) is 11.6. The van der Waals surface area contributed by atoms with Crippen LogP contribution >= 0.6 is 0 Å². The van der Waals surface area contributed by atoms with Crippen molar-refractivity contribution in [1.29, 1.82) is 0 Å². The van der Waals surface area contributed by atoms with Crippen LogP contribution in [0.25, 0.3) is 0 Å². The van der Waals surface area contributed by atoms with Gasteiger partial charge in [-0.2, -0.15) is 13.2 Å². The molecule has 0 rings (SSSR count). The lowest BCUT2D eigenvalue weighted by Crippen LogP contribution is -2.46. The van der Waals surface area contributed by atoms with Gasteiger partial charge >= 0.3 is 12.3 Å². The number of hydrogen-bond donors (Lipinski definition) is 3. The summed E-state index contributed by atoms with van der Waals surface area (Å²) in [6, 6.07) is 0. The van der Waals surface area contributed by atoms with Crippen LogP contribution < -0.4 is 10.6 Å². The van der Waals surface area contributed by atoms with Gasteiger partial charge in [0, 0.05) is 7.11 Å². The van der Waals surface area contributed by atoms with E-state index in [1.54, 1.807) is 5.32 Å². The van der Waals surface area contributed by atoms with Crippen molar-refractivity contribution in [3.8, 4) is 0 Å². The number of nitrogens with one attached hydrogen (secondary N) is 2. The molecule has 0 aliphatic heterocycles. The van der Waals surface area contributed by atoms with E-state index in [-0.39, 0.29) is 0 Å². The second-order valence-electron chi connectivity index (χ2n) is 2.74. The van der Waals surface area contributed by atoms with E-state index in [9.17, 15) is 22.8 Å². The van der Waals surface area contributed by atoms with Gasteiger partial charge in [-0.1, -0.05) is 0 Å². The summed E-state index contributed by atoms with van der Waals surface area (Å²) in [6.07, 6.45) is -7.21. The van der Waals surface area contributed by atoms with Crippen molar-refractivity contribution in [1.82, 2.24) is 10.6 Å². The fraction of sp³-hybridized carbons (Fsp3) is 0.714. The number of carbonyl (C=O) groups excluding carboxylic acids is 1. The second kappa shape index (κ2) is 6.16. The van der Waals surface area contributed by atoms with Crippen LogP contribution in [0, 0.1) is 0 Å². The zero-order chi connectivity index (χ0) is 12.8. The van der Waals surface area contributed by atoms with E-state index < -0.39 is 37.4 Å². The molecule has 94 valence electrons. The number of alkyl halides is 3. The topological polar surface area (TPSA) is 87.7 Å². The Bertz CT molecular complexity index is 257. The predicted octanol–water partition coefficient (Wildman–Crippen LogP) is -0.0525. The summed E-state index contributed by atoms with van der Waals surface area (Å²) in [4.78, 5) is 21.1. The Labute approximate surface area is 88.8 Å². The van der Waals surface area contributed by atoms with E-state index in [4.69, 9.17) is 5.11 Å². The normalized spacial score (nSPS) is 13.0. The third-order valence-corrected chi connectivity index (χ3v) is 1.48. The average molecular weight is 244 g/mol. The number of carbonyl (C=O) groups is 2. The predicted molar refractivity (Wildman–Crippen MR) is 45.9 cm³/mol. The van der Waals surface area contributed by atoms with Crippen molar-refractivity contribution in [2.24, 2.45) is 0 Å². The first-order chi connectivity index (χ1) is 7.26. The molecule has 0 spiro atoms. The summed E-state index contributed by atoms with van der Waals surface area (Å²) in [5.41, 5.74) is 0. The van der Waals surface area contributed by atoms with Gasteiger partial charge in [0.2, 0.25) is 0 Å². The van der Waals surface area contributed by atoms with Crippen LogP contribution in [0.15, 0.2) is 0 Å². The quantitative estimate of drug-likeness (QED) is 0.632. The molecule has 0 aromatic heterocycles. The first-order valence-corrected chi connectivity index (χ1v) is 4.10. The van der Waals surface area contributed by atoms with Crippen molar-refractivity contribution >= 4 is 12.0 Å². The first-order valence-electron chi connectivity index (χ1n) is 4.10. The molecule has 0 saturated heterocycles. The van der Waals surface area contributed by atoms with Crippen molar-refractivity contribution in [2.45, 2.75) is 12.3 Å². The lowest BCUT2D eigenvalue weighted by Gasteiger charge is -2.15. The highest BCUT2D eigenvalue weighted by Crippen LogP contribution is 2.12. The van der Waals surface area contributed by atoms with E-state index in [1.807, 2.05) is 5.32 Å². The zero-order valence-corrected chi connectivity index (χ0v) is 8.30. The fourth-order valence-electron chi connectivity index (χ4n) is 0.764. The van der Waals surface area contributed by atoms with Crippen LogP contribution in [0.2, 0.25) is 0 Å². The Hall–Kier alpha value is -1.51. The molecule has 0 aliphatic carbocycles. The molecule has 0 aromatic rings. The molecule has 16 heavy (non-hydrogen) atoms. The number of hydrogen-bond acceptors (Lipinski definition) is 3. The lowest BCUT2D eigenvalue weighted by molar-refractivity contribution is -0.144. The van der Waals surface area contributed by atoms with Crippen molar-refractivity contribution in [3.63, 3.8) is 0 Å². The minimum absolute atomic E-state index is 0.421. The van der Waals surface area contributed by atoms with Crippen LogP contribution in [0.3, 0.4) is 0 Å². The van der Waals surface area contributed by atoms with E-state index in [2.05, 4.69) is 4.74 Å². The maximum atomic E-state index is 11.7. The van der Waals surface area contributed by atoms with Crippen molar-refractivity contribution in [3.05, 3.63) is 0 Å². The van der Waals surface area contributed by atoms with Gasteiger partial charge in [-0.05, 0) is 0 Å². The Morgan fingerprint density at radius 3 is 2.31 bits per heavy atom. The van der Waals surface area contributed by atoms with Gasteiger partial charge in [0.25, 0.3) is 5.91 Å². The fourth-order valence-corrected chi connectivity index (χ4v) is 0.764. The zero-order valence-electron chi connectivity index (χ0n) is 8.30. The molecule has 0 fully saturated rings. The number of amides is 2. The summed E-state index contributed by atoms with van der Waals surface area (Å²) >= 11 is 0. The van der Waals surface area contributed by atoms with Gasteiger partial charge in [-0.25, -0.2) is 4.79 Å². The largest absolute Gasteiger partial charge is 0.465 e. The van der Waals surface area contributed by atoms with E-state index in [0.29, 0.717) is 0 Å².